The second-order valence-electron chi connectivity index (χ2n) is 6.20. The van der Waals surface area contributed by atoms with Gasteiger partial charge in [0.05, 0.1) is 4.92 Å². The molecule has 7 nitrogen and oxygen atoms in total. The number of hydrogen-bond donors (Lipinski definition) is 2. The number of ether oxygens (including phenoxy) is 1. The lowest BCUT2D eigenvalue weighted by Gasteiger charge is -2.12. The van der Waals surface area contributed by atoms with E-state index in [9.17, 15) is 14.9 Å². The van der Waals surface area contributed by atoms with Crippen molar-refractivity contribution in [3.8, 4) is 16.9 Å². The highest BCUT2D eigenvalue weighted by molar-refractivity contribution is 5.78. The Kier molecular flexibility index (Phi) is 6.78. The molecule has 0 spiro atoms. The summed E-state index contributed by atoms with van der Waals surface area (Å²) in [7, 11) is 0. The second-order valence-corrected chi connectivity index (χ2v) is 6.20. The van der Waals surface area contributed by atoms with E-state index in [1.807, 2.05) is 54.6 Å². The number of para-hydroxylation sites is 3. The number of hydrogen-bond acceptors (Lipinski definition) is 5. The summed E-state index contributed by atoms with van der Waals surface area (Å²) in [5.41, 5.74) is 2.34. The SMILES string of the molecule is O=C(COc1ccccc1-c1ccccc1)NCCNc1ccccc1[N+](=O)[O-]. The summed E-state index contributed by atoms with van der Waals surface area (Å²) in [6.07, 6.45) is 0. The Morgan fingerprint density at radius 1 is 0.897 bits per heavy atom. The van der Waals surface area contributed by atoms with E-state index in [1.165, 1.54) is 6.07 Å². The van der Waals surface area contributed by atoms with E-state index in [0.29, 0.717) is 24.5 Å². The average Bonchev–Trinajstić information content (AvgIpc) is 2.76. The summed E-state index contributed by atoms with van der Waals surface area (Å²) in [5.74, 6) is 0.365. The molecule has 0 saturated heterocycles. The number of nitro groups is 1. The van der Waals surface area contributed by atoms with E-state index in [4.69, 9.17) is 4.74 Å². The van der Waals surface area contributed by atoms with E-state index < -0.39 is 4.92 Å². The summed E-state index contributed by atoms with van der Waals surface area (Å²) in [6.45, 7) is 0.557. The van der Waals surface area contributed by atoms with E-state index >= 15 is 0 Å². The summed E-state index contributed by atoms with van der Waals surface area (Å²) in [6, 6.07) is 23.7. The van der Waals surface area contributed by atoms with E-state index in [0.717, 1.165) is 11.1 Å². The quantitative estimate of drug-likeness (QED) is 0.328. The molecule has 148 valence electrons. The van der Waals surface area contributed by atoms with Crippen LogP contribution in [0.15, 0.2) is 78.9 Å². The molecule has 0 atom stereocenters. The van der Waals surface area contributed by atoms with E-state index in [2.05, 4.69) is 10.6 Å². The Bertz CT molecular complexity index is 977. The molecular formula is C22H21N3O4. The number of anilines is 1. The maximum absolute atomic E-state index is 12.1. The minimum atomic E-state index is -0.446. The van der Waals surface area contributed by atoms with Crippen LogP contribution in [0.1, 0.15) is 0 Å². The van der Waals surface area contributed by atoms with Gasteiger partial charge in [0.1, 0.15) is 11.4 Å². The Morgan fingerprint density at radius 3 is 2.38 bits per heavy atom. The fourth-order valence-corrected chi connectivity index (χ4v) is 2.82. The number of nitrogens with zero attached hydrogens (tertiary/aromatic N) is 1. The van der Waals surface area contributed by atoms with Crippen LogP contribution in [0.2, 0.25) is 0 Å². The van der Waals surface area contributed by atoms with Gasteiger partial charge in [0, 0.05) is 24.7 Å². The van der Waals surface area contributed by atoms with Gasteiger partial charge in [0.2, 0.25) is 0 Å². The largest absolute Gasteiger partial charge is 0.483 e. The Labute approximate surface area is 168 Å². The molecule has 0 aromatic heterocycles. The van der Waals surface area contributed by atoms with Gasteiger partial charge in [-0.1, -0.05) is 60.7 Å². The molecule has 0 aliphatic carbocycles. The van der Waals surface area contributed by atoms with Crippen molar-refractivity contribution in [2.24, 2.45) is 0 Å². The van der Waals surface area contributed by atoms with Crippen LogP contribution in [-0.4, -0.2) is 30.5 Å². The summed E-state index contributed by atoms with van der Waals surface area (Å²) < 4.78 is 5.70. The van der Waals surface area contributed by atoms with Crippen LogP contribution >= 0.6 is 0 Å². The van der Waals surface area contributed by atoms with Crippen LogP contribution in [0.25, 0.3) is 11.1 Å². The first-order chi connectivity index (χ1) is 14.1. The van der Waals surface area contributed by atoms with Crippen molar-refractivity contribution in [2.45, 2.75) is 0 Å². The Morgan fingerprint density at radius 2 is 1.59 bits per heavy atom. The fraction of sp³-hybridized carbons (Fsp3) is 0.136. The van der Waals surface area contributed by atoms with Crippen molar-refractivity contribution in [2.75, 3.05) is 25.0 Å². The lowest BCUT2D eigenvalue weighted by Crippen LogP contribution is -2.32. The van der Waals surface area contributed by atoms with Gasteiger partial charge < -0.3 is 15.4 Å². The van der Waals surface area contributed by atoms with E-state index in [1.54, 1.807) is 18.2 Å². The Hall–Kier alpha value is -3.87. The molecule has 0 fully saturated rings. The first-order valence-corrected chi connectivity index (χ1v) is 9.16. The number of benzene rings is 3. The van der Waals surface area contributed by atoms with Crippen molar-refractivity contribution >= 4 is 17.3 Å². The van der Waals surface area contributed by atoms with Crippen LogP contribution in [0.4, 0.5) is 11.4 Å². The maximum atomic E-state index is 12.1. The third-order valence-corrected chi connectivity index (χ3v) is 4.19. The molecule has 3 rings (SSSR count). The highest BCUT2D eigenvalue weighted by atomic mass is 16.6. The van der Waals surface area contributed by atoms with Gasteiger partial charge in [-0.25, -0.2) is 0 Å². The molecule has 2 N–H and O–H groups in total. The van der Waals surface area contributed by atoms with Crippen LogP contribution in [0.5, 0.6) is 5.75 Å². The predicted molar refractivity (Wildman–Crippen MR) is 112 cm³/mol. The number of carbonyl (C=O) groups is 1. The summed E-state index contributed by atoms with van der Waals surface area (Å²) in [4.78, 5) is 22.6. The minimum absolute atomic E-state index is 0.000297. The van der Waals surface area contributed by atoms with Crippen molar-refractivity contribution < 1.29 is 14.5 Å². The first kappa shape index (κ1) is 19.9. The monoisotopic (exact) mass is 391 g/mol. The maximum Gasteiger partial charge on any atom is 0.292 e. The number of amides is 1. The topological polar surface area (TPSA) is 93.5 Å². The smallest absolute Gasteiger partial charge is 0.292 e. The molecule has 0 unspecified atom stereocenters. The van der Waals surface area contributed by atoms with Crippen LogP contribution < -0.4 is 15.4 Å². The summed E-state index contributed by atoms with van der Waals surface area (Å²) >= 11 is 0. The number of rotatable bonds is 9. The van der Waals surface area contributed by atoms with Gasteiger partial charge in [0.25, 0.3) is 11.6 Å². The van der Waals surface area contributed by atoms with Crippen molar-refractivity contribution in [1.82, 2.24) is 5.32 Å². The standard InChI is InChI=1S/C22H21N3O4/c26-22(24-15-14-23-19-11-5-6-12-20(19)25(27)28)16-29-21-13-7-4-10-18(21)17-8-2-1-3-9-17/h1-13,23H,14-16H2,(H,24,26). The van der Waals surface area contributed by atoms with Crippen molar-refractivity contribution in [3.63, 3.8) is 0 Å². The molecule has 1 amide bonds. The molecule has 3 aromatic carbocycles. The molecule has 0 saturated carbocycles. The lowest BCUT2D eigenvalue weighted by molar-refractivity contribution is -0.384. The molecule has 0 aliphatic heterocycles. The molecule has 0 radical (unpaired) electrons. The molecular weight excluding hydrogens is 370 g/mol. The third-order valence-electron chi connectivity index (χ3n) is 4.19. The minimum Gasteiger partial charge on any atom is -0.483 e. The molecule has 7 heteroatoms. The highest BCUT2D eigenvalue weighted by Gasteiger charge is 2.12. The van der Waals surface area contributed by atoms with Crippen molar-refractivity contribution in [1.29, 1.82) is 0 Å². The van der Waals surface area contributed by atoms with Crippen LogP contribution in [0, 0.1) is 10.1 Å². The number of nitro benzene ring substituents is 1. The van der Waals surface area contributed by atoms with Crippen LogP contribution in [0.3, 0.4) is 0 Å². The first-order valence-electron chi connectivity index (χ1n) is 9.16. The molecule has 0 heterocycles. The number of nitrogens with one attached hydrogen (secondary N) is 2. The van der Waals surface area contributed by atoms with Gasteiger partial charge in [-0.15, -0.1) is 0 Å². The molecule has 3 aromatic rings. The Balaban J connectivity index is 1.48. The van der Waals surface area contributed by atoms with Gasteiger partial charge >= 0.3 is 0 Å². The zero-order chi connectivity index (χ0) is 20.5. The van der Waals surface area contributed by atoms with Gasteiger partial charge in [0.15, 0.2) is 6.61 Å². The lowest BCUT2D eigenvalue weighted by atomic mass is 10.1. The van der Waals surface area contributed by atoms with Gasteiger partial charge in [-0.05, 0) is 17.7 Å². The zero-order valence-electron chi connectivity index (χ0n) is 15.7. The second kappa shape index (κ2) is 9.89. The molecule has 0 aliphatic rings. The number of carbonyl (C=O) groups excluding carboxylic acids is 1. The van der Waals surface area contributed by atoms with Crippen molar-refractivity contribution in [3.05, 3.63) is 89.0 Å². The predicted octanol–water partition coefficient (Wildman–Crippen LogP) is 3.87. The molecule has 29 heavy (non-hydrogen) atoms. The van der Waals surface area contributed by atoms with Crippen LogP contribution in [-0.2, 0) is 4.79 Å². The fourth-order valence-electron chi connectivity index (χ4n) is 2.82. The third kappa shape index (κ3) is 5.55. The summed E-state index contributed by atoms with van der Waals surface area (Å²) in [5, 5.41) is 16.7. The zero-order valence-corrected chi connectivity index (χ0v) is 15.7. The normalized spacial score (nSPS) is 10.2. The average molecular weight is 391 g/mol. The highest BCUT2D eigenvalue weighted by Crippen LogP contribution is 2.29. The van der Waals surface area contributed by atoms with Gasteiger partial charge in [-0.3, -0.25) is 14.9 Å². The van der Waals surface area contributed by atoms with Gasteiger partial charge in [-0.2, -0.15) is 0 Å². The van der Waals surface area contributed by atoms with E-state index in [-0.39, 0.29) is 18.2 Å². The molecule has 0 bridgehead atoms.